The molecular weight excluding hydrogens is 878 g/mol. The van der Waals surface area contributed by atoms with Gasteiger partial charge in [0.05, 0.1) is 34.4 Å². The van der Waals surface area contributed by atoms with Crippen molar-refractivity contribution in [3.05, 3.63) is 97.2 Å². The van der Waals surface area contributed by atoms with Gasteiger partial charge in [-0.3, -0.25) is 9.36 Å². The van der Waals surface area contributed by atoms with E-state index < -0.39 is 13.9 Å². The van der Waals surface area contributed by atoms with Crippen molar-refractivity contribution >= 4 is 13.8 Å². The van der Waals surface area contributed by atoms with Crippen molar-refractivity contribution in [1.29, 1.82) is 0 Å². The normalized spacial score (nSPS) is 14.2. The standard InChI is InChI=1S/C60H106NO7P/c1-6-8-10-12-14-16-18-20-22-24-26-28-30-32-34-36-38-40-42-44-46-48-50-52-55-65-57-59(58-67-69(63,64)66-56-54-61(3,4)5)68-60(62)53-51-49-47-45-43-41-39-37-35-33-31-29-27-25-23-21-19-17-15-13-11-9-7-2/h9,11,15,17-18,20-21,23-24,26-27,29,33,35,39,41,59H,6-8,10,12-14,16,19,22,25,28,30-32,34,36-38,40,42-58H2,1-5H3/b11-9-,17-15-,20-18-,23-21-,26-24-,29-27-,35-33-,41-39-. The van der Waals surface area contributed by atoms with Gasteiger partial charge < -0.3 is 27.9 Å². The van der Waals surface area contributed by atoms with Crippen LogP contribution in [0.15, 0.2) is 97.2 Å². The van der Waals surface area contributed by atoms with Crippen molar-refractivity contribution in [2.75, 3.05) is 54.1 Å². The SMILES string of the molecule is CC/C=C\C/C=C\C/C=C\C/C=C\C/C=C\C/C=C\CCCCCCC(=O)OC(COCCCCCCCCCCCCCC/C=C\C/C=C\CCCCCCC)COP(=O)([O-])OCC[N+](C)(C)C. The zero-order chi connectivity index (χ0) is 50.5. The first-order valence-corrected chi connectivity index (χ1v) is 29.4. The fourth-order valence-electron chi connectivity index (χ4n) is 7.35. The van der Waals surface area contributed by atoms with Crippen LogP contribution in [-0.2, 0) is 27.9 Å². The summed E-state index contributed by atoms with van der Waals surface area (Å²) >= 11 is 0. The van der Waals surface area contributed by atoms with Crippen molar-refractivity contribution < 1.29 is 37.3 Å². The summed E-state index contributed by atoms with van der Waals surface area (Å²) < 4.78 is 34.8. The lowest BCUT2D eigenvalue weighted by Gasteiger charge is -2.28. The maximum Gasteiger partial charge on any atom is 0.306 e. The summed E-state index contributed by atoms with van der Waals surface area (Å²) in [4.78, 5) is 25.2. The summed E-state index contributed by atoms with van der Waals surface area (Å²) in [6.45, 7) is 5.25. The van der Waals surface area contributed by atoms with Crippen LogP contribution in [0, 0.1) is 0 Å². The molecule has 0 aromatic heterocycles. The second-order valence-electron chi connectivity index (χ2n) is 19.6. The molecule has 2 unspecified atom stereocenters. The maximum atomic E-state index is 12.8. The molecule has 0 spiro atoms. The summed E-state index contributed by atoms with van der Waals surface area (Å²) in [5.74, 6) is -0.360. The summed E-state index contributed by atoms with van der Waals surface area (Å²) in [7, 11) is 1.33. The van der Waals surface area contributed by atoms with Crippen LogP contribution in [0.4, 0.5) is 0 Å². The van der Waals surface area contributed by atoms with Crippen LogP contribution in [0.1, 0.15) is 219 Å². The fourth-order valence-corrected chi connectivity index (χ4v) is 8.07. The first kappa shape index (κ1) is 66.4. The molecule has 398 valence electrons. The Labute approximate surface area is 426 Å². The van der Waals surface area contributed by atoms with Gasteiger partial charge in [0.15, 0.2) is 0 Å². The van der Waals surface area contributed by atoms with Gasteiger partial charge in [-0.25, -0.2) is 0 Å². The van der Waals surface area contributed by atoms with E-state index in [0.717, 1.165) is 89.9 Å². The summed E-state index contributed by atoms with van der Waals surface area (Å²) in [6.07, 6.45) is 71.6. The molecule has 8 nitrogen and oxygen atoms in total. The molecule has 0 aliphatic rings. The Morgan fingerprint density at radius 1 is 0.464 bits per heavy atom. The molecule has 0 fully saturated rings. The monoisotopic (exact) mass is 984 g/mol. The van der Waals surface area contributed by atoms with Gasteiger partial charge in [-0.1, -0.05) is 214 Å². The molecular formula is C60H106NO7P. The van der Waals surface area contributed by atoms with Gasteiger partial charge in [0.2, 0.25) is 0 Å². The molecule has 0 aromatic carbocycles. The average Bonchev–Trinajstić information content (AvgIpc) is 3.31. The van der Waals surface area contributed by atoms with Crippen LogP contribution in [0.5, 0.6) is 0 Å². The Hall–Kier alpha value is -2.58. The highest BCUT2D eigenvalue weighted by Gasteiger charge is 2.20. The summed E-state index contributed by atoms with van der Waals surface area (Å²) in [6, 6.07) is 0. The number of carbonyl (C=O) groups excluding carboxylic acids is 1. The van der Waals surface area contributed by atoms with Crippen LogP contribution < -0.4 is 4.89 Å². The zero-order valence-electron chi connectivity index (χ0n) is 45.2. The molecule has 0 radical (unpaired) electrons. The average molecular weight is 984 g/mol. The minimum Gasteiger partial charge on any atom is -0.756 e. The molecule has 9 heteroatoms. The largest absolute Gasteiger partial charge is 0.756 e. The number of esters is 1. The Morgan fingerprint density at radius 3 is 1.26 bits per heavy atom. The van der Waals surface area contributed by atoms with E-state index in [1.165, 1.54) is 109 Å². The Morgan fingerprint density at radius 2 is 0.841 bits per heavy atom. The Kier molecular flexibility index (Phi) is 49.8. The van der Waals surface area contributed by atoms with E-state index in [4.69, 9.17) is 18.5 Å². The van der Waals surface area contributed by atoms with E-state index in [0.29, 0.717) is 17.6 Å². The van der Waals surface area contributed by atoms with Gasteiger partial charge in [0.25, 0.3) is 7.82 Å². The molecule has 0 aliphatic carbocycles. The molecule has 0 N–H and O–H groups in total. The van der Waals surface area contributed by atoms with Crippen molar-refractivity contribution in [3.63, 3.8) is 0 Å². The molecule has 0 aromatic rings. The Balaban J connectivity index is 4.18. The van der Waals surface area contributed by atoms with Crippen molar-refractivity contribution in [1.82, 2.24) is 0 Å². The van der Waals surface area contributed by atoms with Crippen LogP contribution in [0.2, 0.25) is 0 Å². The molecule has 0 rings (SSSR count). The molecule has 0 saturated heterocycles. The molecule has 2 atom stereocenters. The van der Waals surface area contributed by atoms with Crippen LogP contribution in [0.3, 0.4) is 0 Å². The lowest BCUT2D eigenvalue weighted by molar-refractivity contribution is -0.870. The Bertz CT molecular complexity index is 1420. The second kappa shape index (κ2) is 51.8. The number of likely N-dealkylation sites (N-methyl/N-ethyl adjacent to an activating group) is 1. The molecule has 0 bridgehead atoms. The fraction of sp³-hybridized carbons (Fsp3) is 0.717. The number of hydrogen-bond donors (Lipinski definition) is 0. The first-order valence-electron chi connectivity index (χ1n) is 28.0. The highest BCUT2D eigenvalue weighted by Crippen LogP contribution is 2.38. The number of rotatable bonds is 51. The predicted octanol–water partition coefficient (Wildman–Crippen LogP) is 17.1. The van der Waals surface area contributed by atoms with Gasteiger partial charge in [0.1, 0.15) is 19.3 Å². The van der Waals surface area contributed by atoms with Gasteiger partial charge in [-0.15, -0.1) is 0 Å². The third-order valence-electron chi connectivity index (χ3n) is 11.6. The highest BCUT2D eigenvalue weighted by molar-refractivity contribution is 7.45. The quantitative estimate of drug-likeness (QED) is 0.0197. The predicted molar refractivity (Wildman–Crippen MR) is 295 cm³/mol. The lowest BCUT2D eigenvalue weighted by atomic mass is 10.0. The number of quaternary nitrogens is 1. The lowest BCUT2D eigenvalue weighted by Crippen LogP contribution is -2.37. The first-order chi connectivity index (χ1) is 33.6. The highest BCUT2D eigenvalue weighted by atomic mass is 31.2. The van der Waals surface area contributed by atoms with E-state index in [2.05, 4.69) is 111 Å². The van der Waals surface area contributed by atoms with Crippen LogP contribution in [0.25, 0.3) is 0 Å². The van der Waals surface area contributed by atoms with Crippen molar-refractivity contribution in [2.24, 2.45) is 0 Å². The number of allylic oxidation sites excluding steroid dienone is 16. The van der Waals surface area contributed by atoms with Crippen molar-refractivity contribution in [3.8, 4) is 0 Å². The number of unbranched alkanes of at least 4 members (excludes halogenated alkanes) is 21. The summed E-state index contributed by atoms with van der Waals surface area (Å²) in [5, 5.41) is 0. The summed E-state index contributed by atoms with van der Waals surface area (Å²) in [5.41, 5.74) is 0. The topological polar surface area (TPSA) is 94.1 Å². The van der Waals surface area contributed by atoms with Gasteiger partial charge in [-0.2, -0.15) is 0 Å². The number of ether oxygens (including phenoxy) is 2. The van der Waals surface area contributed by atoms with E-state index in [1.54, 1.807) is 0 Å². The molecule has 0 saturated carbocycles. The number of hydrogen-bond acceptors (Lipinski definition) is 7. The van der Waals surface area contributed by atoms with Crippen molar-refractivity contribution in [2.45, 2.75) is 225 Å². The molecule has 69 heavy (non-hydrogen) atoms. The van der Waals surface area contributed by atoms with Gasteiger partial charge >= 0.3 is 5.97 Å². The zero-order valence-corrected chi connectivity index (χ0v) is 46.1. The number of phosphoric ester groups is 1. The molecule has 0 amide bonds. The minimum absolute atomic E-state index is 0.0155. The van der Waals surface area contributed by atoms with Gasteiger partial charge in [0, 0.05) is 13.0 Å². The number of nitrogens with zero attached hydrogens (tertiary/aromatic N) is 1. The van der Waals surface area contributed by atoms with E-state index in [9.17, 15) is 14.3 Å². The number of phosphoric acid groups is 1. The van der Waals surface area contributed by atoms with Gasteiger partial charge in [-0.05, 0) is 96.3 Å². The number of carbonyl (C=O) groups is 1. The molecule has 0 heterocycles. The minimum atomic E-state index is -4.55. The van der Waals surface area contributed by atoms with E-state index in [1.807, 2.05) is 21.1 Å². The van der Waals surface area contributed by atoms with Crippen LogP contribution in [-0.4, -0.2) is 70.7 Å². The maximum absolute atomic E-state index is 12.8. The third-order valence-corrected chi connectivity index (χ3v) is 12.6. The smallest absolute Gasteiger partial charge is 0.306 e. The van der Waals surface area contributed by atoms with E-state index in [-0.39, 0.29) is 32.2 Å². The van der Waals surface area contributed by atoms with Crippen LogP contribution >= 0.6 is 7.82 Å². The van der Waals surface area contributed by atoms with E-state index >= 15 is 0 Å². The third kappa shape index (κ3) is 56.2. The molecule has 0 aliphatic heterocycles. The second-order valence-corrected chi connectivity index (χ2v) is 21.0.